The molecule has 0 aliphatic carbocycles. The number of rotatable bonds is 0. The molecule has 6 nitrogen and oxygen atoms in total. The van der Waals surface area contributed by atoms with Gasteiger partial charge in [0.05, 0.1) is 6.54 Å². The van der Waals surface area contributed by atoms with E-state index in [9.17, 15) is 14.9 Å². The molecule has 0 aromatic carbocycles. The lowest BCUT2D eigenvalue weighted by Gasteiger charge is -2.35. The lowest BCUT2D eigenvalue weighted by Crippen LogP contribution is -2.45. The molecule has 1 aliphatic rings. The van der Waals surface area contributed by atoms with Crippen molar-refractivity contribution in [2.45, 2.75) is 65.6 Å². The van der Waals surface area contributed by atoms with Crippen LogP contribution in [0.15, 0.2) is 10.9 Å². The van der Waals surface area contributed by atoms with E-state index in [4.69, 9.17) is 4.74 Å². The Hall–Kier alpha value is -2.29. The van der Waals surface area contributed by atoms with Gasteiger partial charge in [-0.3, -0.25) is 4.79 Å². The summed E-state index contributed by atoms with van der Waals surface area (Å²) in [6.45, 7) is 12.1. The smallest absolute Gasteiger partial charge is 0.410 e. The van der Waals surface area contributed by atoms with Gasteiger partial charge in [-0.15, -0.1) is 0 Å². The van der Waals surface area contributed by atoms with Crippen LogP contribution in [0, 0.1) is 11.3 Å². The van der Waals surface area contributed by atoms with Crippen LogP contribution in [0.2, 0.25) is 0 Å². The molecule has 0 atom stereocenters. The van der Waals surface area contributed by atoms with E-state index in [1.807, 2.05) is 47.6 Å². The van der Waals surface area contributed by atoms with E-state index < -0.39 is 11.1 Å². The van der Waals surface area contributed by atoms with E-state index in [1.54, 1.807) is 15.5 Å². The number of aromatic nitrogens is 1. The molecule has 0 saturated heterocycles. The number of pyridine rings is 1. The first kappa shape index (κ1) is 18.1. The number of hydrogen-bond acceptors (Lipinski definition) is 4. The molecule has 1 aromatic heterocycles. The van der Waals surface area contributed by atoms with Crippen molar-refractivity contribution in [1.29, 1.82) is 5.26 Å². The lowest BCUT2D eigenvalue weighted by atomic mass is 9.99. The molecular formula is C18H25N3O3. The van der Waals surface area contributed by atoms with Crippen molar-refractivity contribution in [2.24, 2.45) is 0 Å². The third-order valence-corrected chi connectivity index (χ3v) is 3.82. The monoisotopic (exact) mass is 331 g/mol. The third kappa shape index (κ3) is 3.61. The van der Waals surface area contributed by atoms with Crippen LogP contribution >= 0.6 is 0 Å². The van der Waals surface area contributed by atoms with Crippen molar-refractivity contribution in [3.05, 3.63) is 33.2 Å². The Morgan fingerprint density at radius 2 is 1.88 bits per heavy atom. The molecule has 1 aromatic rings. The molecule has 0 bridgehead atoms. The first-order valence-electron chi connectivity index (χ1n) is 8.10. The number of nitrogens with zero attached hydrogens (tertiary/aromatic N) is 3. The number of ether oxygens (including phenoxy) is 1. The molecule has 130 valence electrons. The molecule has 0 fully saturated rings. The van der Waals surface area contributed by atoms with Gasteiger partial charge in [0.15, 0.2) is 0 Å². The average molecular weight is 331 g/mol. The van der Waals surface area contributed by atoms with Gasteiger partial charge in [-0.2, -0.15) is 5.26 Å². The number of carbonyl (C=O) groups excluding carboxylic acids is 1. The van der Waals surface area contributed by atoms with E-state index in [1.165, 1.54) is 0 Å². The summed E-state index contributed by atoms with van der Waals surface area (Å²) >= 11 is 0. The second-order valence-corrected chi connectivity index (χ2v) is 8.11. The fourth-order valence-electron chi connectivity index (χ4n) is 2.91. The molecule has 0 saturated carbocycles. The summed E-state index contributed by atoms with van der Waals surface area (Å²) in [4.78, 5) is 26.5. The fourth-order valence-corrected chi connectivity index (χ4v) is 2.91. The molecule has 0 unspecified atom stereocenters. The van der Waals surface area contributed by atoms with Gasteiger partial charge in [0.25, 0.3) is 5.56 Å². The predicted octanol–water partition coefficient (Wildman–Crippen LogP) is 2.77. The van der Waals surface area contributed by atoms with Gasteiger partial charge in [-0.25, -0.2) is 4.79 Å². The Labute approximate surface area is 142 Å². The number of fused-ring (bicyclic) bond motifs is 1. The summed E-state index contributed by atoms with van der Waals surface area (Å²) in [5.41, 5.74) is 0.579. The molecule has 0 N–H and O–H groups in total. The summed E-state index contributed by atoms with van der Waals surface area (Å²) in [6.07, 6.45) is 0.187. The van der Waals surface area contributed by atoms with E-state index >= 15 is 0 Å². The summed E-state index contributed by atoms with van der Waals surface area (Å²) < 4.78 is 7.11. The topological polar surface area (TPSA) is 75.3 Å². The van der Waals surface area contributed by atoms with E-state index in [2.05, 4.69) is 0 Å². The average Bonchev–Trinajstić information content (AvgIpc) is 2.42. The van der Waals surface area contributed by atoms with Crippen LogP contribution in [0.4, 0.5) is 4.79 Å². The second kappa shape index (κ2) is 5.97. The Morgan fingerprint density at radius 3 is 2.38 bits per heavy atom. The van der Waals surface area contributed by atoms with Gasteiger partial charge in [-0.1, -0.05) is 0 Å². The lowest BCUT2D eigenvalue weighted by molar-refractivity contribution is 0.0220. The molecule has 2 heterocycles. The first-order valence-corrected chi connectivity index (χ1v) is 8.10. The highest BCUT2D eigenvalue weighted by molar-refractivity contribution is 5.68. The predicted molar refractivity (Wildman–Crippen MR) is 90.8 cm³/mol. The first-order chi connectivity index (χ1) is 10.9. The van der Waals surface area contributed by atoms with Crippen LogP contribution in [0.25, 0.3) is 0 Å². The Morgan fingerprint density at radius 1 is 1.25 bits per heavy atom. The van der Waals surface area contributed by atoms with Gasteiger partial charge in [-0.05, 0) is 53.2 Å². The third-order valence-electron chi connectivity index (χ3n) is 3.82. The molecule has 1 aliphatic heterocycles. The van der Waals surface area contributed by atoms with Crippen molar-refractivity contribution in [2.75, 3.05) is 6.54 Å². The second-order valence-electron chi connectivity index (χ2n) is 8.11. The van der Waals surface area contributed by atoms with E-state index in [-0.39, 0.29) is 17.2 Å². The van der Waals surface area contributed by atoms with Crippen LogP contribution in [-0.4, -0.2) is 27.7 Å². The number of hydrogen-bond donors (Lipinski definition) is 0. The van der Waals surface area contributed by atoms with E-state index in [0.717, 1.165) is 11.3 Å². The van der Waals surface area contributed by atoms with Gasteiger partial charge in [0.2, 0.25) is 0 Å². The van der Waals surface area contributed by atoms with Crippen LogP contribution in [0.3, 0.4) is 0 Å². The highest BCUT2D eigenvalue weighted by Gasteiger charge is 2.30. The molecule has 6 heteroatoms. The molecule has 1 amide bonds. The summed E-state index contributed by atoms with van der Waals surface area (Å²) in [7, 11) is 0. The normalized spacial score (nSPS) is 14.8. The molecule has 0 radical (unpaired) electrons. The largest absolute Gasteiger partial charge is 0.444 e. The molecule has 24 heavy (non-hydrogen) atoms. The maximum absolute atomic E-state index is 12.6. The summed E-state index contributed by atoms with van der Waals surface area (Å²) in [5.74, 6) is 0. The van der Waals surface area contributed by atoms with Gasteiger partial charge in [0.1, 0.15) is 17.2 Å². The van der Waals surface area contributed by atoms with Crippen molar-refractivity contribution in [3.63, 3.8) is 0 Å². The molecular weight excluding hydrogens is 306 g/mol. The summed E-state index contributed by atoms with van der Waals surface area (Å²) in [5, 5.41) is 9.27. The van der Waals surface area contributed by atoms with Crippen molar-refractivity contribution >= 4 is 6.09 Å². The van der Waals surface area contributed by atoms with Crippen LogP contribution in [0.1, 0.15) is 58.4 Å². The number of carbonyl (C=O) groups is 1. The van der Waals surface area contributed by atoms with Crippen LogP contribution < -0.4 is 5.56 Å². The highest BCUT2D eigenvalue weighted by Crippen LogP contribution is 2.25. The number of amides is 1. The maximum atomic E-state index is 12.6. The Kier molecular flexibility index (Phi) is 4.49. The van der Waals surface area contributed by atoms with Crippen molar-refractivity contribution < 1.29 is 9.53 Å². The maximum Gasteiger partial charge on any atom is 0.410 e. The van der Waals surface area contributed by atoms with Crippen molar-refractivity contribution in [1.82, 2.24) is 9.47 Å². The quantitative estimate of drug-likeness (QED) is 0.732. The number of nitriles is 1. The molecule has 0 spiro atoms. The highest BCUT2D eigenvalue weighted by atomic mass is 16.6. The van der Waals surface area contributed by atoms with Crippen molar-refractivity contribution in [3.8, 4) is 6.07 Å². The minimum absolute atomic E-state index is 0.106. The van der Waals surface area contributed by atoms with E-state index in [0.29, 0.717) is 19.5 Å². The SMILES string of the molecule is CC(C)(C)OC(=O)N1CCc2c(cc(C#N)c(=O)n2C(C)(C)C)C1. The van der Waals surface area contributed by atoms with Crippen LogP contribution in [-0.2, 0) is 23.2 Å². The minimum atomic E-state index is -0.556. The Balaban J connectivity index is 2.45. The zero-order chi connectivity index (χ0) is 18.3. The standard InChI is InChI=1S/C18H25N3O3/c1-17(2,3)21-14-7-8-20(16(23)24-18(4,5)6)11-13(14)9-12(10-19)15(21)22/h9H,7-8,11H2,1-6H3. The van der Waals surface area contributed by atoms with Gasteiger partial charge < -0.3 is 14.2 Å². The summed E-state index contributed by atoms with van der Waals surface area (Å²) in [6, 6.07) is 3.58. The Bertz CT molecular complexity index is 758. The zero-order valence-electron chi connectivity index (χ0n) is 15.3. The van der Waals surface area contributed by atoms with Gasteiger partial charge in [0, 0.05) is 24.2 Å². The minimum Gasteiger partial charge on any atom is -0.444 e. The van der Waals surface area contributed by atoms with Gasteiger partial charge >= 0.3 is 6.09 Å². The fraction of sp³-hybridized carbons (Fsp3) is 0.611. The van der Waals surface area contributed by atoms with Crippen LogP contribution in [0.5, 0.6) is 0 Å². The zero-order valence-corrected chi connectivity index (χ0v) is 15.3. The molecule has 2 rings (SSSR count).